The minimum absolute atomic E-state index is 0.0150. The third-order valence-electron chi connectivity index (χ3n) is 4.56. The number of amides is 1. The van der Waals surface area contributed by atoms with E-state index in [0.717, 1.165) is 23.3 Å². The zero-order chi connectivity index (χ0) is 25.2. The molecular formula is C21H14F6N7O+. The van der Waals surface area contributed by atoms with Crippen molar-refractivity contribution < 1.29 is 36.6 Å². The van der Waals surface area contributed by atoms with Gasteiger partial charge in [0.2, 0.25) is 0 Å². The summed E-state index contributed by atoms with van der Waals surface area (Å²) in [6.07, 6.45) is -5.34. The Balaban J connectivity index is 1.46. The second-order valence-corrected chi connectivity index (χ2v) is 7.09. The van der Waals surface area contributed by atoms with Crippen LogP contribution in [0.15, 0.2) is 61.1 Å². The first-order valence-corrected chi connectivity index (χ1v) is 9.74. The maximum absolute atomic E-state index is 13.1. The Hall–Kier alpha value is -4.33. The third kappa shape index (κ3) is 5.78. The van der Waals surface area contributed by atoms with Gasteiger partial charge in [0.05, 0.1) is 22.2 Å². The first-order valence-electron chi connectivity index (χ1n) is 9.74. The van der Waals surface area contributed by atoms with E-state index in [1.54, 1.807) is 18.2 Å². The van der Waals surface area contributed by atoms with E-state index in [-0.39, 0.29) is 11.9 Å². The molecule has 0 atom stereocenters. The van der Waals surface area contributed by atoms with Crippen LogP contribution in [0.5, 0.6) is 0 Å². The molecule has 35 heavy (non-hydrogen) atoms. The summed E-state index contributed by atoms with van der Waals surface area (Å²) < 4.78 is 79.3. The van der Waals surface area contributed by atoms with Crippen molar-refractivity contribution in [3.63, 3.8) is 0 Å². The van der Waals surface area contributed by atoms with E-state index < -0.39 is 35.0 Å². The molecule has 0 unspecified atom stereocenters. The maximum atomic E-state index is 13.1. The molecule has 0 saturated heterocycles. The number of nitrogens with one attached hydrogen (secondary N) is 1. The monoisotopic (exact) mass is 494 g/mol. The Kier molecular flexibility index (Phi) is 6.22. The Morgan fingerprint density at radius 1 is 0.943 bits per heavy atom. The lowest BCUT2D eigenvalue weighted by Crippen LogP contribution is -2.89. The zero-order valence-corrected chi connectivity index (χ0v) is 17.3. The van der Waals surface area contributed by atoms with Gasteiger partial charge in [0.25, 0.3) is 11.7 Å². The van der Waals surface area contributed by atoms with Crippen LogP contribution in [0.4, 0.5) is 32.2 Å². The van der Waals surface area contributed by atoms with Crippen LogP contribution in [0.3, 0.4) is 0 Å². The molecule has 0 aliphatic rings. The van der Waals surface area contributed by atoms with Gasteiger partial charge in [-0.3, -0.25) is 4.79 Å². The highest BCUT2D eigenvalue weighted by atomic mass is 19.4. The van der Waals surface area contributed by atoms with Gasteiger partial charge in [0, 0.05) is 17.8 Å². The lowest BCUT2D eigenvalue weighted by molar-refractivity contribution is -0.622. The van der Waals surface area contributed by atoms with Gasteiger partial charge in [-0.05, 0) is 30.3 Å². The minimum Gasteiger partial charge on any atom is -0.265 e. The number of hydrogen-bond acceptors (Lipinski definition) is 5. The van der Waals surface area contributed by atoms with E-state index >= 15 is 0 Å². The Bertz CT molecular complexity index is 1380. The largest absolute Gasteiger partial charge is 0.416 e. The van der Waals surface area contributed by atoms with Gasteiger partial charge in [-0.1, -0.05) is 12.1 Å². The summed E-state index contributed by atoms with van der Waals surface area (Å²) in [5.41, 5.74) is 1.64. The summed E-state index contributed by atoms with van der Waals surface area (Å²) >= 11 is 0. The van der Waals surface area contributed by atoms with Crippen molar-refractivity contribution in [1.29, 1.82) is 0 Å². The molecule has 2 aromatic carbocycles. The highest BCUT2D eigenvalue weighted by Gasteiger charge is 2.37. The number of carbonyl (C=O) groups excluding carboxylic acids is 1. The molecule has 0 radical (unpaired) electrons. The number of aromatic nitrogens is 5. The molecule has 180 valence electrons. The summed E-state index contributed by atoms with van der Waals surface area (Å²) in [5.74, 6) is -0.599. The SMILES string of the molecule is O=C(/C=C\n1cnc(-c2cc(C(F)(F)F)cc(C(F)(F)F)c2)n1)N[NH2+]c1cnc2ccccc2n1. The second-order valence-electron chi connectivity index (χ2n) is 7.09. The van der Waals surface area contributed by atoms with Crippen LogP contribution in [0.2, 0.25) is 0 Å². The fourth-order valence-electron chi connectivity index (χ4n) is 2.94. The number of benzene rings is 2. The number of nitrogens with zero attached hydrogens (tertiary/aromatic N) is 5. The van der Waals surface area contributed by atoms with Crippen LogP contribution >= 0.6 is 0 Å². The normalized spacial score (nSPS) is 12.4. The first-order chi connectivity index (χ1) is 16.5. The zero-order valence-electron chi connectivity index (χ0n) is 17.3. The van der Waals surface area contributed by atoms with E-state index in [9.17, 15) is 31.1 Å². The van der Waals surface area contributed by atoms with E-state index in [1.807, 2.05) is 6.07 Å². The molecule has 0 bridgehead atoms. The van der Waals surface area contributed by atoms with Crippen LogP contribution in [-0.2, 0) is 17.1 Å². The van der Waals surface area contributed by atoms with E-state index in [2.05, 4.69) is 25.5 Å². The van der Waals surface area contributed by atoms with Crippen LogP contribution in [0, 0.1) is 0 Å². The summed E-state index contributed by atoms with van der Waals surface area (Å²) in [4.78, 5) is 24.3. The summed E-state index contributed by atoms with van der Waals surface area (Å²) in [6.45, 7) is 0. The van der Waals surface area contributed by atoms with Crippen molar-refractivity contribution in [1.82, 2.24) is 30.2 Å². The summed E-state index contributed by atoms with van der Waals surface area (Å²) in [5, 5.41) is 3.82. The molecule has 1 amide bonds. The Morgan fingerprint density at radius 2 is 1.60 bits per heavy atom. The average molecular weight is 494 g/mol. The number of quaternary nitrogens is 1. The number of hydrogen-bond donors (Lipinski definition) is 2. The molecule has 0 fully saturated rings. The molecule has 0 saturated carbocycles. The van der Waals surface area contributed by atoms with E-state index in [0.29, 0.717) is 29.0 Å². The van der Waals surface area contributed by atoms with Gasteiger partial charge in [0.15, 0.2) is 5.82 Å². The number of fused-ring (bicyclic) bond motifs is 1. The Labute approximate surface area is 192 Å². The second kappa shape index (κ2) is 9.13. The van der Waals surface area contributed by atoms with Crippen LogP contribution in [-0.4, -0.2) is 30.6 Å². The maximum Gasteiger partial charge on any atom is 0.416 e. The highest BCUT2D eigenvalue weighted by Crippen LogP contribution is 2.38. The lowest BCUT2D eigenvalue weighted by Gasteiger charge is -2.13. The molecule has 2 heterocycles. The fourth-order valence-corrected chi connectivity index (χ4v) is 2.94. The van der Waals surface area contributed by atoms with Crippen molar-refractivity contribution in [2.24, 2.45) is 0 Å². The molecule has 14 heteroatoms. The molecule has 2 aromatic heterocycles. The number of nitrogens with two attached hydrogens (primary N) is 1. The predicted molar refractivity (Wildman–Crippen MR) is 110 cm³/mol. The van der Waals surface area contributed by atoms with Crippen molar-refractivity contribution in [3.8, 4) is 11.4 Å². The molecule has 4 rings (SSSR count). The van der Waals surface area contributed by atoms with Gasteiger partial charge in [-0.2, -0.15) is 42.2 Å². The summed E-state index contributed by atoms with van der Waals surface area (Å²) in [7, 11) is 0. The van der Waals surface area contributed by atoms with E-state index in [1.165, 1.54) is 11.6 Å². The Morgan fingerprint density at radius 3 is 2.26 bits per heavy atom. The van der Waals surface area contributed by atoms with E-state index in [4.69, 9.17) is 0 Å². The van der Waals surface area contributed by atoms with Crippen LogP contribution in [0.25, 0.3) is 28.6 Å². The minimum atomic E-state index is -5.00. The third-order valence-corrected chi connectivity index (χ3v) is 4.56. The standard InChI is InChI=1S/C21H13F6N7O/c22-20(23,24)13-7-12(8-14(9-13)21(25,26)27)19-29-11-34(33-19)6-5-18(35)32-31-17-10-28-15-3-1-2-4-16(15)30-17/h1-11H,(H,30,31)(H,32,35)/p+1/b6-5-. The van der Waals surface area contributed by atoms with Gasteiger partial charge in [-0.15, -0.1) is 5.10 Å². The number of alkyl halides is 6. The van der Waals surface area contributed by atoms with Crippen molar-refractivity contribution in [3.05, 3.63) is 72.2 Å². The average Bonchev–Trinajstić information content (AvgIpc) is 3.29. The highest BCUT2D eigenvalue weighted by molar-refractivity contribution is 5.89. The van der Waals surface area contributed by atoms with Gasteiger partial charge >= 0.3 is 12.4 Å². The van der Waals surface area contributed by atoms with Crippen LogP contribution in [0.1, 0.15) is 11.1 Å². The molecular weight excluding hydrogens is 480 g/mol. The predicted octanol–water partition coefficient (Wildman–Crippen LogP) is 3.32. The van der Waals surface area contributed by atoms with Gasteiger partial charge < -0.3 is 0 Å². The smallest absolute Gasteiger partial charge is 0.265 e. The number of rotatable bonds is 5. The topological polar surface area (TPSA) is 102 Å². The molecule has 0 aliphatic heterocycles. The molecule has 4 aromatic rings. The molecule has 0 spiro atoms. The first kappa shape index (κ1) is 23.8. The number of para-hydroxylation sites is 2. The van der Waals surface area contributed by atoms with Crippen molar-refractivity contribution in [2.75, 3.05) is 0 Å². The molecule has 0 aliphatic carbocycles. The lowest BCUT2D eigenvalue weighted by atomic mass is 10.0. The van der Waals surface area contributed by atoms with Gasteiger partial charge in [-0.25, -0.2) is 14.6 Å². The fraction of sp³-hybridized carbons (Fsp3) is 0.0952. The number of carbonyl (C=O) groups is 1. The van der Waals surface area contributed by atoms with Crippen LogP contribution < -0.4 is 10.9 Å². The molecule has 8 nitrogen and oxygen atoms in total. The summed E-state index contributed by atoms with van der Waals surface area (Å²) in [6, 6.07) is 8.19. The van der Waals surface area contributed by atoms with Gasteiger partial charge in [0.1, 0.15) is 12.5 Å². The quantitative estimate of drug-likeness (QED) is 0.146. The van der Waals surface area contributed by atoms with Crippen molar-refractivity contribution >= 4 is 29.0 Å². The number of halogens is 6. The molecule has 3 N–H and O–H groups in total. The van der Waals surface area contributed by atoms with Crippen molar-refractivity contribution in [2.45, 2.75) is 12.4 Å².